The van der Waals surface area contributed by atoms with Gasteiger partial charge in [0.05, 0.1) is 6.67 Å². The largest absolute Gasteiger partial charge is 0.328 e. The molecule has 1 aromatic rings. The summed E-state index contributed by atoms with van der Waals surface area (Å²) in [5.41, 5.74) is 1.05. The molecule has 2 rings (SSSR count). The maximum atomic E-state index is 12.4. The fourth-order valence-corrected chi connectivity index (χ4v) is 2.41. The van der Waals surface area contributed by atoms with Crippen LogP contribution in [0.5, 0.6) is 0 Å². The second-order valence-electron chi connectivity index (χ2n) is 5.74. The van der Waals surface area contributed by atoms with E-state index in [9.17, 15) is 4.79 Å². The first kappa shape index (κ1) is 15.0. The second kappa shape index (κ2) is 6.86. The van der Waals surface area contributed by atoms with Gasteiger partial charge in [-0.25, -0.2) is 0 Å². The van der Waals surface area contributed by atoms with Gasteiger partial charge in [0.25, 0.3) is 0 Å². The van der Waals surface area contributed by atoms with E-state index in [2.05, 4.69) is 31.1 Å². The molecule has 1 N–H and O–H groups in total. The van der Waals surface area contributed by atoms with Crippen LogP contribution in [-0.4, -0.2) is 48.6 Å². The lowest BCUT2D eigenvalue weighted by atomic mass is 10.1. The van der Waals surface area contributed by atoms with Gasteiger partial charge >= 0.3 is 0 Å². The Balaban J connectivity index is 1.83. The number of nitrogens with zero attached hydrogens (tertiary/aromatic N) is 2. The van der Waals surface area contributed by atoms with Crippen LogP contribution >= 0.6 is 0 Å². The van der Waals surface area contributed by atoms with Crippen molar-refractivity contribution in [3.8, 4) is 0 Å². The number of rotatable bonds is 6. The minimum absolute atomic E-state index is 0.168. The summed E-state index contributed by atoms with van der Waals surface area (Å²) in [4.78, 5) is 16.6. The first-order valence-electron chi connectivity index (χ1n) is 7.37. The predicted molar refractivity (Wildman–Crippen MR) is 81.3 cm³/mol. The molecule has 4 heteroatoms. The van der Waals surface area contributed by atoms with Gasteiger partial charge in [0.1, 0.15) is 6.04 Å². The Morgan fingerprint density at radius 2 is 2.05 bits per heavy atom. The summed E-state index contributed by atoms with van der Waals surface area (Å²) < 4.78 is 0. The van der Waals surface area contributed by atoms with Crippen molar-refractivity contribution in [1.29, 1.82) is 0 Å². The van der Waals surface area contributed by atoms with Crippen molar-refractivity contribution < 1.29 is 4.79 Å². The molecule has 20 heavy (non-hydrogen) atoms. The molecule has 0 bridgehead atoms. The van der Waals surface area contributed by atoms with Crippen molar-refractivity contribution in [3.05, 3.63) is 35.9 Å². The van der Waals surface area contributed by atoms with Gasteiger partial charge in [-0.1, -0.05) is 30.3 Å². The minimum atomic E-state index is -0.168. The number of nitrogens with one attached hydrogen (secondary N) is 1. The zero-order valence-electron chi connectivity index (χ0n) is 12.7. The summed E-state index contributed by atoms with van der Waals surface area (Å²) >= 11 is 0. The van der Waals surface area contributed by atoms with E-state index in [0.717, 1.165) is 25.1 Å². The van der Waals surface area contributed by atoms with Gasteiger partial charge in [0.15, 0.2) is 0 Å². The number of carbonyl (C=O) groups excluding carboxylic acids is 1. The molecule has 0 radical (unpaired) electrons. The zero-order valence-corrected chi connectivity index (χ0v) is 12.7. The van der Waals surface area contributed by atoms with Crippen LogP contribution in [0.1, 0.15) is 31.9 Å². The third kappa shape index (κ3) is 3.58. The number of hydrogen-bond acceptors (Lipinski definition) is 3. The Bertz CT molecular complexity index is 433. The van der Waals surface area contributed by atoms with Crippen molar-refractivity contribution in [1.82, 2.24) is 15.1 Å². The molecule has 1 unspecified atom stereocenters. The molecule has 1 fully saturated rings. The third-order valence-electron chi connectivity index (χ3n) is 4.00. The smallest absolute Gasteiger partial charge is 0.245 e. The van der Waals surface area contributed by atoms with E-state index >= 15 is 0 Å². The molecule has 0 saturated carbocycles. The Kier molecular flexibility index (Phi) is 5.15. The SMILES string of the molecule is CC(C)N(C)CCCN1CNC(c2ccccc2)C1=O. The molecule has 0 spiro atoms. The van der Waals surface area contributed by atoms with Crippen molar-refractivity contribution >= 4 is 5.91 Å². The fraction of sp³-hybridized carbons (Fsp3) is 0.562. The standard InChI is InChI=1S/C16H25N3O/c1-13(2)18(3)10-7-11-19-12-17-15(16(19)20)14-8-5-4-6-9-14/h4-6,8-9,13,15,17H,7,10-12H2,1-3H3. The first-order valence-corrected chi connectivity index (χ1v) is 7.37. The van der Waals surface area contributed by atoms with Gasteiger partial charge in [0, 0.05) is 12.6 Å². The van der Waals surface area contributed by atoms with E-state index in [4.69, 9.17) is 0 Å². The summed E-state index contributed by atoms with van der Waals surface area (Å²) in [5.74, 6) is 0.198. The molecule has 110 valence electrons. The molecule has 1 aliphatic rings. The molecular weight excluding hydrogens is 250 g/mol. The van der Waals surface area contributed by atoms with Crippen LogP contribution in [0.4, 0.5) is 0 Å². The number of benzene rings is 1. The maximum absolute atomic E-state index is 12.4. The Morgan fingerprint density at radius 3 is 2.70 bits per heavy atom. The van der Waals surface area contributed by atoms with Gasteiger partial charge in [-0.2, -0.15) is 0 Å². The number of hydrogen-bond donors (Lipinski definition) is 1. The maximum Gasteiger partial charge on any atom is 0.245 e. The molecule has 1 amide bonds. The highest BCUT2D eigenvalue weighted by molar-refractivity contribution is 5.85. The fourth-order valence-electron chi connectivity index (χ4n) is 2.41. The van der Waals surface area contributed by atoms with Crippen LogP contribution in [0.25, 0.3) is 0 Å². The van der Waals surface area contributed by atoms with Crippen molar-refractivity contribution in [2.45, 2.75) is 32.4 Å². The predicted octanol–water partition coefficient (Wildman–Crippen LogP) is 1.85. The normalized spacial score (nSPS) is 19.4. The summed E-state index contributed by atoms with van der Waals surface area (Å²) in [6.07, 6.45) is 1.02. The van der Waals surface area contributed by atoms with Crippen LogP contribution in [-0.2, 0) is 4.79 Å². The van der Waals surface area contributed by atoms with Crippen molar-refractivity contribution in [2.75, 3.05) is 26.8 Å². The monoisotopic (exact) mass is 275 g/mol. The molecule has 1 atom stereocenters. The molecule has 1 aromatic carbocycles. The lowest BCUT2D eigenvalue weighted by Crippen LogP contribution is -2.32. The van der Waals surface area contributed by atoms with Gasteiger partial charge < -0.3 is 9.80 Å². The van der Waals surface area contributed by atoms with E-state index in [1.54, 1.807) is 0 Å². The van der Waals surface area contributed by atoms with Crippen LogP contribution in [0.2, 0.25) is 0 Å². The summed E-state index contributed by atoms with van der Waals surface area (Å²) in [6.45, 7) is 6.88. The highest BCUT2D eigenvalue weighted by Gasteiger charge is 2.31. The zero-order chi connectivity index (χ0) is 14.5. The van der Waals surface area contributed by atoms with Gasteiger partial charge in [-0.3, -0.25) is 10.1 Å². The van der Waals surface area contributed by atoms with E-state index < -0.39 is 0 Å². The molecule has 4 nitrogen and oxygen atoms in total. The Labute approximate surface area is 121 Å². The molecule has 1 heterocycles. The number of carbonyl (C=O) groups is 1. The highest BCUT2D eigenvalue weighted by Crippen LogP contribution is 2.20. The third-order valence-corrected chi connectivity index (χ3v) is 4.00. The molecule has 0 aliphatic carbocycles. The second-order valence-corrected chi connectivity index (χ2v) is 5.74. The average molecular weight is 275 g/mol. The van der Waals surface area contributed by atoms with Crippen LogP contribution in [0.3, 0.4) is 0 Å². The van der Waals surface area contributed by atoms with Gasteiger partial charge in [-0.15, -0.1) is 0 Å². The lowest BCUT2D eigenvalue weighted by molar-refractivity contribution is -0.129. The molecule has 1 aliphatic heterocycles. The summed E-state index contributed by atoms with van der Waals surface area (Å²) in [6, 6.07) is 10.3. The summed E-state index contributed by atoms with van der Waals surface area (Å²) in [7, 11) is 2.13. The van der Waals surface area contributed by atoms with Crippen LogP contribution < -0.4 is 5.32 Å². The van der Waals surface area contributed by atoms with Crippen LogP contribution in [0.15, 0.2) is 30.3 Å². The Morgan fingerprint density at radius 1 is 1.35 bits per heavy atom. The van der Waals surface area contributed by atoms with Crippen LogP contribution in [0, 0.1) is 0 Å². The lowest BCUT2D eigenvalue weighted by Gasteiger charge is -2.22. The van der Waals surface area contributed by atoms with E-state index in [-0.39, 0.29) is 11.9 Å². The first-order chi connectivity index (χ1) is 9.59. The topological polar surface area (TPSA) is 35.6 Å². The van der Waals surface area contributed by atoms with E-state index in [0.29, 0.717) is 12.7 Å². The van der Waals surface area contributed by atoms with Gasteiger partial charge in [0.2, 0.25) is 5.91 Å². The molecule has 1 saturated heterocycles. The minimum Gasteiger partial charge on any atom is -0.328 e. The van der Waals surface area contributed by atoms with E-state index in [1.165, 1.54) is 0 Å². The van der Waals surface area contributed by atoms with E-state index in [1.807, 2.05) is 35.2 Å². The van der Waals surface area contributed by atoms with Crippen molar-refractivity contribution in [2.24, 2.45) is 0 Å². The Hall–Kier alpha value is -1.39. The quantitative estimate of drug-likeness (QED) is 0.860. The summed E-state index contributed by atoms with van der Waals surface area (Å²) in [5, 5.41) is 3.30. The highest BCUT2D eigenvalue weighted by atomic mass is 16.2. The average Bonchev–Trinajstić information content (AvgIpc) is 2.81. The van der Waals surface area contributed by atoms with Gasteiger partial charge in [-0.05, 0) is 39.4 Å². The number of amides is 1. The molecule has 0 aromatic heterocycles. The van der Waals surface area contributed by atoms with Crippen molar-refractivity contribution in [3.63, 3.8) is 0 Å². The molecular formula is C16H25N3O.